The highest BCUT2D eigenvalue weighted by atomic mass is 32.2. The second-order valence-corrected chi connectivity index (χ2v) is 5.94. The van der Waals surface area contributed by atoms with E-state index in [-0.39, 0.29) is 24.1 Å². The van der Waals surface area contributed by atoms with E-state index in [0.717, 1.165) is 11.4 Å². The SMILES string of the molecule is Cc1cc(C)n2nc(SCC(=O)NCC(=O)N(C)C)nc2n1. The van der Waals surface area contributed by atoms with E-state index in [9.17, 15) is 9.59 Å². The number of hydrogen-bond acceptors (Lipinski definition) is 6. The van der Waals surface area contributed by atoms with Gasteiger partial charge in [0.2, 0.25) is 17.0 Å². The van der Waals surface area contributed by atoms with Gasteiger partial charge in [-0.1, -0.05) is 11.8 Å². The lowest BCUT2D eigenvalue weighted by Crippen LogP contribution is -2.36. The number of thioether (sulfide) groups is 1. The number of rotatable bonds is 5. The third-order valence-electron chi connectivity index (χ3n) is 2.87. The molecule has 2 amide bonds. The summed E-state index contributed by atoms with van der Waals surface area (Å²) in [6.45, 7) is 3.80. The molecule has 0 aliphatic rings. The number of likely N-dealkylation sites (N-methyl/N-ethyl adjacent to an activating group) is 1. The minimum atomic E-state index is -0.236. The van der Waals surface area contributed by atoms with Gasteiger partial charge in [-0.3, -0.25) is 9.59 Å². The summed E-state index contributed by atoms with van der Waals surface area (Å²) in [5.41, 5.74) is 1.80. The van der Waals surface area contributed by atoms with Crippen LogP contribution in [0.4, 0.5) is 0 Å². The average Bonchev–Trinajstić information content (AvgIpc) is 2.85. The second-order valence-electron chi connectivity index (χ2n) is 5.00. The molecule has 0 saturated heterocycles. The molecule has 0 aromatic carbocycles. The van der Waals surface area contributed by atoms with E-state index in [0.29, 0.717) is 10.9 Å². The maximum absolute atomic E-state index is 11.7. The molecule has 0 bridgehead atoms. The van der Waals surface area contributed by atoms with Crippen molar-refractivity contribution in [2.24, 2.45) is 0 Å². The van der Waals surface area contributed by atoms with Crippen LogP contribution in [-0.4, -0.2) is 62.7 Å². The quantitative estimate of drug-likeness (QED) is 0.781. The summed E-state index contributed by atoms with van der Waals surface area (Å²) >= 11 is 1.21. The van der Waals surface area contributed by atoms with Gasteiger partial charge < -0.3 is 10.2 Å². The van der Waals surface area contributed by atoms with E-state index < -0.39 is 0 Å². The van der Waals surface area contributed by atoms with Gasteiger partial charge in [0.15, 0.2) is 0 Å². The fraction of sp³-hybridized carbons (Fsp3) is 0.462. The van der Waals surface area contributed by atoms with Crippen LogP contribution < -0.4 is 5.32 Å². The van der Waals surface area contributed by atoms with Crippen LogP contribution >= 0.6 is 11.8 Å². The lowest BCUT2D eigenvalue weighted by Gasteiger charge is -2.10. The topological polar surface area (TPSA) is 92.5 Å². The first-order valence-corrected chi connectivity index (χ1v) is 7.66. The predicted molar refractivity (Wildman–Crippen MR) is 82.7 cm³/mol. The van der Waals surface area contributed by atoms with Gasteiger partial charge in [0.25, 0.3) is 5.78 Å². The zero-order valence-corrected chi connectivity index (χ0v) is 13.8. The van der Waals surface area contributed by atoms with E-state index in [1.165, 1.54) is 16.7 Å². The Bertz CT molecular complexity index is 712. The van der Waals surface area contributed by atoms with E-state index >= 15 is 0 Å². The molecular weight excluding hydrogens is 304 g/mol. The van der Waals surface area contributed by atoms with Crippen LogP contribution in [0.2, 0.25) is 0 Å². The molecule has 2 rings (SSSR count). The molecule has 22 heavy (non-hydrogen) atoms. The van der Waals surface area contributed by atoms with Crippen LogP contribution in [0, 0.1) is 13.8 Å². The molecule has 0 radical (unpaired) electrons. The van der Waals surface area contributed by atoms with Gasteiger partial charge in [0, 0.05) is 25.5 Å². The molecule has 0 saturated carbocycles. The summed E-state index contributed by atoms with van der Waals surface area (Å²) in [5.74, 6) is 0.276. The molecule has 2 aromatic rings. The molecule has 0 atom stereocenters. The van der Waals surface area contributed by atoms with Crippen molar-refractivity contribution in [2.75, 3.05) is 26.4 Å². The number of carbonyl (C=O) groups is 2. The van der Waals surface area contributed by atoms with Gasteiger partial charge in [-0.25, -0.2) is 9.50 Å². The first kappa shape index (κ1) is 16.2. The summed E-state index contributed by atoms with van der Waals surface area (Å²) in [7, 11) is 3.28. The minimum Gasteiger partial charge on any atom is -0.347 e. The van der Waals surface area contributed by atoms with Gasteiger partial charge in [0.1, 0.15) is 0 Å². The van der Waals surface area contributed by atoms with Crippen molar-refractivity contribution < 1.29 is 9.59 Å². The number of nitrogens with zero attached hydrogens (tertiary/aromatic N) is 5. The number of fused-ring (bicyclic) bond motifs is 1. The fourth-order valence-electron chi connectivity index (χ4n) is 1.72. The van der Waals surface area contributed by atoms with Crippen molar-refractivity contribution in [3.05, 3.63) is 17.5 Å². The Balaban J connectivity index is 1.93. The molecule has 8 nitrogen and oxygen atoms in total. The number of amides is 2. The molecule has 0 aliphatic heterocycles. The van der Waals surface area contributed by atoms with Gasteiger partial charge in [-0.15, -0.1) is 5.10 Å². The van der Waals surface area contributed by atoms with Crippen LogP contribution in [-0.2, 0) is 9.59 Å². The summed E-state index contributed by atoms with van der Waals surface area (Å²) in [6.07, 6.45) is 0. The van der Waals surface area contributed by atoms with Crippen molar-refractivity contribution in [1.29, 1.82) is 0 Å². The molecule has 0 fully saturated rings. The number of aryl methyl sites for hydroxylation is 2. The third-order valence-corrected chi connectivity index (χ3v) is 3.70. The summed E-state index contributed by atoms with van der Waals surface area (Å²) in [4.78, 5) is 33.1. The van der Waals surface area contributed by atoms with Crippen LogP contribution in [0.25, 0.3) is 5.78 Å². The minimum absolute atomic E-state index is 0.00908. The molecule has 0 spiro atoms. The van der Waals surface area contributed by atoms with Crippen molar-refractivity contribution >= 4 is 29.4 Å². The molecule has 9 heteroatoms. The van der Waals surface area contributed by atoms with E-state index in [4.69, 9.17) is 0 Å². The van der Waals surface area contributed by atoms with Crippen LogP contribution in [0.5, 0.6) is 0 Å². The van der Waals surface area contributed by atoms with Crippen LogP contribution in [0.1, 0.15) is 11.4 Å². The summed E-state index contributed by atoms with van der Waals surface area (Å²) in [5, 5.41) is 7.34. The Morgan fingerprint density at radius 3 is 2.73 bits per heavy atom. The maximum Gasteiger partial charge on any atom is 0.253 e. The fourth-order valence-corrected chi connectivity index (χ4v) is 2.37. The Hall–Kier alpha value is -2.16. The highest BCUT2D eigenvalue weighted by molar-refractivity contribution is 7.99. The first-order chi connectivity index (χ1) is 10.4. The van der Waals surface area contributed by atoms with Crippen molar-refractivity contribution in [3.63, 3.8) is 0 Å². The highest BCUT2D eigenvalue weighted by Crippen LogP contribution is 2.14. The van der Waals surface area contributed by atoms with Crippen LogP contribution in [0.3, 0.4) is 0 Å². The predicted octanol–water partition coefficient (Wildman–Crippen LogP) is 0.0376. The lowest BCUT2D eigenvalue weighted by atomic mass is 10.4. The average molecular weight is 322 g/mol. The normalized spacial score (nSPS) is 10.7. The molecule has 2 aromatic heterocycles. The molecule has 118 valence electrons. The summed E-state index contributed by atoms with van der Waals surface area (Å²) < 4.78 is 1.64. The van der Waals surface area contributed by atoms with Crippen molar-refractivity contribution in [2.45, 2.75) is 19.0 Å². The van der Waals surface area contributed by atoms with E-state index in [2.05, 4.69) is 20.4 Å². The number of hydrogen-bond donors (Lipinski definition) is 1. The van der Waals surface area contributed by atoms with E-state index in [1.807, 2.05) is 19.9 Å². The van der Waals surface area contributed by atoms with Crippen LogP contribution in [0.15, 0.2) is 11.2 Å². The maximum atomic E-state index is 11.7. The molecule has 0 unspecified atom stereocenters. The zero-order chi connectivity index (χ0) is 16.3. The highest BCUT2D eigenvalue weighted by Gasteiger charge is 2.11. The lowest BCUT2D eigenvalue weighted by molar-refractivity contribution is -0.130. The standard InChI is InChI=1S/C13H18N6O2S/c1-8-5-9(2)19-12(15-8)16-13(17-19)22-7-10(20)14-6-11(21)18(3)4/h5H,6-7H2,1-4H3,(H,14,20). The van der Waals surface area contributed by atoms with Crippen molar-refractivity contribution in [1.82, 2.24) is 29.8 Å². The van der Waals surface area contributed by atoms with Gasteiger partial charge in [-0.2, -0.15) is 4.98 Å². The van der Waals surface area contributed by atoms with Gasteiger partial charge in [0.05, 0.1) is 12.3 Å². The van der Waals surface area contributed by atoms with Gasteiger partial charge >= 0.3 is 0 Å². The van der Waals surface area contributed by atoms with Crippen molar-refractivity contribution in [3.8, 4) is 0 Å². The second kappa shape index (κ2) is 6.73. The third kappa shape index (κ3) is 3.94. The Kier molecular flexibility index (Phi) is 4.96. The van der Waals surface area contributed by atoms with Gasteiger partial charge in [-0.05, 0) is 19.9 Å². The largest absolute Gasteiger partial charge is 0.347 e. The Morgan fingerprint density at radius 2 is 2.05 bits per heavy atom. The van der Waals surface area contributed by atoms with E-state index in [1.54, 1.807) is 18.6 Å². The monoisotopic (exact) mass is 322 g/mol. The number of carbonyl (C=O) groups excluding carboxylic acids is 2. The first-order valence-electron chi connectivity index (χ1n) is 6.67. The number of aromatic nitrogens is 4. The smallest absolute Gasteiger partial charge is 0.253 e. The molecule has 2 heterocycles. The molecular formula is C13H18N6O2S. The Labute approximate surface area is 132 Å². The zero-order valence-electron chi connectivity index (χ0n) is 13.0. The molecule has 0 aliphatic carbocycles. The Morgan fingerprint density at radius 1 is 1.32 bits per heavy atom. The summed E-state index contributed by atoms with van der Waals surface area (Å²) in [6, 6.07) is 1.91. The number of nitrogens with one attached hydrogen (secondary N) is 1. The molecule has 1 N–H and O–H groups in total.